The number of benzene rings is 2. The van der Waals surface area contributed by atoms with E-state index in [4.69, 9.17) is 0 Å². The molecule has 3 heteroatoms. The summed E-state index contributed by atoms with van der Waals surface area (Å²) in [6.07, 6.45) is 3.69. The smallest absolute Gasteiger partial charge is 0.0702 e. The van der Waals surface area contributed by atoms with Gasteiger partial charge in [-0.1, -0.05) is 28.1 Å². The van der Waals surface area contributed by atoms with Crippen LogP contribution in [0.15, 0.2) is 64.2 Å². The van der Waals surface area contributed by atoms with Gasteiger partial charge in [0.15, 0.2) is 0 Å². The third-order valence-electron chi connectivity index (χ3n) is 3.13. The number of halogens is 1. The van der Waals surface area contributed by atoms with Gasteiger partial charge in [-0.15, -0.1) is 0 Å². The largest absolute Gasteiger partial charge is 0.256 e. The van der Waals surface area contributed by atoms with E-state index in [9.17, 15) is 0 Å². The number of aryl methyl sites for hydroxylation is 1. The minimum Gasteiger partial charge on any atom is -0.256 e. The van der Waals surface area contributed by atoms with Crippen LogP contribution in [0, 0.1) is 6.92 Å². The molecule has 0 spiro atoms. The van der Waals surface area contributed by atoms with Gasteiger partial charge >= 0.3 is 0 Å². The fourth-order valence-corrected chi connectivity index (χ4v) is 2.28. The maximum atomic E-state index is 4.52. The first-order valence-electron chi connectivity index (χ1n) is 6.37. The molecule has 0 atom stereocenters. The Labute approximate surface area is 126 Å². The van der Waals surface area contributed by atoms with Crippen molar-refractivity contribution >= 4 is 38.7 Å². The first kappa shape index (κ1) is 13.0. The first-order valence-corrected chi connectivity index (χ1v) is 7.17. The molecule has 3 aromatic rings. The number of hydrogen-bond donors (Lipinski definition) is 0. The summed E-state index contributed by atoms with van der Waals surface area (Å²) in [4.78, 5) is 8.83. The quantitative estimate of drug-likeness (QED) is 0.605. The molecule has 98 valence electrons. The number of hydrogen-bond acceptors (Lipinski definition) is 2. The van der Waals surface area contributed by atoms with Crippen LogP contribution in [0.4, 0.5) is 5.69 Å². The van der Waals surface area contributed by atoms with E-state index in [0.717, 1.165) is 26.6 Å². The van der Waals surface area contributed by atoms with Gasteiger partial charge in [-0.3, -0.25) is 9.98 Å². The third-order valence-corrected chi connectivity index (χ3v) is 4.02. The minimum absolute atomic E-state index is 0.956. The van der Waals surface area contributed by atoms with Crippen LogP contribution in [0.2, 0.25) is 0 Å². The molecule has 0 fully saturated rings. The van der Waals surface area contributed by atoms with Crippen molar-refractivity contribution < 1.29 is 0 Å². The molecule has 1 heterocycles. The summed E-state index contributed by atoms with van der Waals surface area (Å²) in [6, 6.07) is 16.2. The summed E-state index contributed by atoms with van der Waals surface area (Å²) >= 11 is 3.49. The highest BCUT2D eigenvalue weighted by molar-refractivity contribution is 9.10. The van der Waals surface area contributed by atoms with E-state index < -0.39 is 0 Å². The predicted octanol–water partition coefficient (Wildman–Crippen LogP) is 5.06. The molecular weight excluding hydrogens is 312 g/mol. The van der Waals surface area contributed by atoms with Crippen molar-refractivity contribution in [1.29, 1.82) is 0 Å². The molecule has 20 heavy (non-hydrogen) atoms. The van der Waals surface area contributed by atoms with Crippen molar-refractivity contribution in [2.24, 2.45) is 4.99 Å². The van der Waals surface area contributed by atoms with Crippen molar-refractivity contribution in [3.8, 4) is 0 Å². The third kappa shape index (κ3) is 2.78. The Morgan fingerprint density at radius 2 is 2.00 bits per heavy atom. The van der Waals surface area contributed by atoms with Gasteiger partial charge in [0.1, 0.15) is 0 Å². The van der Waals surface area contributed by atoms with E-state index in [1.54, 1.807) is 6.20 Å². The maximum Gasteiger partial charge on any atom is 0.0702 e. The second-order valence-electron chi connectivity index (χ2n) is 4.65. The molecular formula is C17H13BrN2. The van der Waals surface area contributed by atoms with Crippen molar-refractivity contribution in [2.75, 3.05) is 0 Å². The summed E-state index contributed by atoms with van der Waals surface area (Å²) in [5.74, 6) is 0. The van der Waals surface area contributed by atoms with Gasteiger partial charge < -0.3 is 0 Å². The average molecular weight is 325 g/mol. The zero-order valence-corrected chi connectivity index (χ0v) is 12.6. The zero-order chi connectivity index (χ0) is 13.9. The lowest BCUT2D eigenvalue weighted by Gasteiger charge is -2.00. The van der Waals surface area contributed by atoms with Gasteiger partial charge in [-0.25, -0.2) is 0 Å². The molecule has 0 aliphatic carbocycles. The van der Waals surface area contributed by atoms with Crippen LogP contribution in [0.1, 0.15) is 11.1 Å². The molecule has 0 aliphatic rings. The van der Waals surface area contributed by atoms with Gasteiger partial charge in [-0.2, -0.15) is 0 Å². The molecule has 0 amide bonds. The van der Waals surface area contributed by atoms with E-state index in [0.29, 0.717) is 0 Å². The molecule has 0 aliphatic heterocycles. The number of pyridine rings is 1. The van der Waals surface area contributed by atoms with E-state index in [1.165, 1.54) is 5.56 Å². The normalized spacial score (nSPS) is 11.3. The highest BCUT2D eigenvalue weighted by Crippen LogP contribution is 2.22. The van der Waals surface area contributed by atoms with Gasteiger partial charge in [0.25, 0.3) is 0 Å². The highest BCUT2D eigenvalue weighted by atomic mass is 79.9. The summed E-state index contributed by atoms with van der Waals surface area (Å²) in [5, 5.41) is 1.13. The first-order chi connectivity index (χ1) is 9.72. The summed E-state index contributed by atoms with van der Waals surface area (Å²) in [5.41, 5.74) is 4.22. The second-order valence-corrected chi connectivity index (χ2v) is 5.50. The Balaban J connectivity index is 1.91. The van der Waals surface area contributed by atoms with E-state index in [1.807, 2.05) is 36.5 Å². The standard InChI is InChI=1S/C17H13BrN2/c1-12-9-15(5-6-16(12)18)20-11-13-4-7-17-14(10-13)3-2-8-19-17/h2-11H,1H3. The van der Waals surface area contributed by atoms with Crippen LogP contribution in [-0.4, -0.2) is 11.2 Å². The van der Waals surface area contributed by atoms with Gasteiger partial charge in [0.2, 0.25) is 0 Å². The number of aromatic nitrogens is 1. The molecule has 0 unspecified atom stereocenters. The van der Waals surface area contributed by atoms with Crippen LogP contribution in [0.3, 0.4) is 0 Å². The Morgan fingerprint density at radius 1 is 1.10 bits per heavy atom. The fraction of sp³-hybridized carbons (Fsp3) is 0.0588. The molecule has 0 N–H and O–H groups in total. The predicted molar refractivity (Wildman–Crippen MR) is 87.9 cm³/mol. The molecule has 3 rings (SSSR count). The topological polar surface area (TPSA) is 25.2 Å². The van der Waals surface area contributed by atoms with E-state index in [2.05, 4.69) is 51.0 Å². The highest BCUT2D eigenvalue weighted by Gasteiger charge is 1.97. The molecule has 2 nitrogen and oxygen atoms in total. The molecule has 1 aromatic heterocycles. The molecule has 2 aromatic carbocycles. The molecule has 0 saturated carbocycles. The Hall–Kier alpha value is -2.00. The second kappa shape index (κ2) is 5.55. The SMILES string of the molecule is Cc1cc(N=Cc2ccc3ncccc3c2)ccc1Br. The fourth-order valence-electron chi connectivity index (χ4n) is 2.03. The number of aliphatic imine (C=N–C) groups is 1. The van der Waals surface area contributed by atoms with E-state index in [-0.39, 0.29) is 0 Å². The maximum absolute atomic E-state index is 4.52. The van der Waals surface area contributed by atoms with Crippen LogP contribution in [-0.2, 0) is 0 Å². The Morgan fingerprint density at radius 3 is 2.85 bits per heavy atom. The van der Waals surface area contributed by atoms with Crippen molar-refractivity contribution in [2.45, 2.75) is 6.92 Å². The summed E-state index contributed by atoms with van der Waals surface area (Å²) < 4.78 is 1.10. The molecule has 0 radical (unpaired) electrons. The van der Waals surface area contributed by atoms with Gasteiger partial charge in [0.05, 0.1) is 11.2 Å². The van der Waals surface area contributed by atoms with Crippen molar-refractivity contribution in [3.05, 3.63) is 70.3 Å². The van der Waals surface area contributed by atoms with Crippen LogP contribution >= 0.6 is 15.9 Å². The van der Waals surface area contributed by atoms with Crippen LogP contribution < -0.4 is 0 Å². The Kier molecular flexibility index (Phi) is 3.61. The molecule has 0 bridgehead atoms. The number of rotatable bonds is 2. The van der Waals surface area contributed by atoms with Crippen LogP contribution in [0.25, 0.3) is 10.9 Å². The van der Waals surface area contributed by atoms with Crippen molar-refractivity contribution in [3.63, 3.8) is 0 Å². The zero-order valence-electron chi connectivity index (χ0n) is 11.0. The lowest BCUT2D eigenvalue weighted by atomic mass is 10.1. The number of nitrogens with zero attached hydrogens (tertiary/aromatic N) is 2. The van der Waals surface area contributed by atoms with Crippen molar-refractivity contribution in [1.82, 2.24) is 4.98 Å². The van der Waals surface area contributed by atoms with Gasteiger partial charge in [-0.05, 0) is 54.4 Å². The van der Waals surface area contributed by atoms with E-state index >= 15 is 0 Å². The Bertz CT molecular complexity index is 794. The van der Waals surface area contributed by atoms with Crippen LogP contribution in [0.5, 0.6) is 0 Å². The minimum atomic E-state index is 0.956. The monoisotopic (exact) mass is 324 g/mol. The summed E-state index contributed by atoms with van der Waals surface area (Å²) in [7, 11) is 0. The summed E-state index contributed by atoms with van der Waals surface area (Å²) in [6.45, 7) is 2.06. The molecule has 0 saturated heterocycles. The number of fused-ring (bicyclic) bond motifs is 1. The lowest BCUT2D eigenvalue weighted by Crippen LogP contribution is -1.83. The van der Waals surface area contributed by atoms with Gasteiger partial charge in [0, 0.05) is 22.3 Å². The lowest BCUT2D eigenvalue weighted by molar-refractivity contribution is 1.40. The average Bonchev–Trinajstić information content (AvgIpc) is 2.48.